The topological polar surface area (TPSA) is 463 Å². The maximum atomic E-state index is 14.1. The predicted octanol–water partition coefficient (Wildman–Crippen LogP) is 11.2. The highest BCUT2D eigenvalue weighted by molar-refractivity contribution is 6.02. The summed E-state index contributed by atoms with van der Waals surface area (Å²) in [6.07, 6.45) is 21.0. The zero-order valence-corrected chi connectivity index (χ0v) is 68.4. The van der Waals surface area contributed by atoms with Gasteiger partial charge in [0.2, 0.25) is 5.95 Å². The number of imidazole rings is 1. The molecule has 16 aromatic rings. The Labute approximate surface area is 734 Å². The van der Waals surface area contributed by atoms with Crippen molar-refractivity contribution in [2.45, 2.75) is 70.3 Å². The number of aromatic nitrogens is 27. The predicted molar refractivity (Wildman–Crippen MR) is 437 cm³/mol. The third-order valence-electron chi connectivity index (χ3n) is 21.3. The van der Waals surface area contributed by atoms with Crippen LogP contribution in [0.25, 0.3) is 85.4 Å². The number of aromatic amines is 6. The van der Waals surface area contributed by atoms with Crippen LogP contribution in [0.5, 0.6) is 0 Å². The number of ether oxygens (including phenoxy) is 1. The summed E-state index contributed by atoms with van der Waals surface area (Å²) >= 11 is 0. The van der Waals surface area contributed by atoms with Crippen molar-refractivity contribution in [2.75, 3.05) is 51.2 Å². The molecule has 1 aliphatic carbocycles. The van der Waals surface area contributed by atoms with Crippen LogP contribution in [-0.2, 0) is 4.74 Å². The molecule has 20 rings (SSSR count). The average Bonchev–Trinajstić information content (AvgIpc) is 1.60. The first-order valence-electron chi connectivity index (χ1n) is 40.6. The van der Waals surface area contributed by atoms with Gasteiger partial charge in [0, 0.05) is 106 Å². The van der Waals surface area contributed by atoms with Gasteiger partial charge in [0.25, 0.3) is 29.5 Å². The van der Waals surface area contributed by atoms with Crippen molar-refractivity contribution in [3.05, 3.63) is 251 Å². The summed E-state index contributed by atoms with van der Waals surface area (Å²) in [5, 5.41) is 63.1. The number of likely N-dealkylation sites (tertiary alicyclic amines) is 2. The fraction of sp³-hybridized carbons (Fsp3) is 0.232. The van der Waals surface area contributed by atoms with Gasteiger partial charge in [-0.3, -0.25) is 29.3 Å². The van der Waals surface area contributed by atoms with Crippen molar-refractivity contribution in [1.29, 1.82) is 0 Å². The van der Waals surface area contributed by atoms with Crippen molar-refractivity contribution in [3.63, 3.8) is 0 Å². The zero-order valence-electron chi connectivity index (χ0n) is 68.4. The largest absolute Gasteiger partial charge is 0.376 e. The Morgan fingerprint density at radius 2 is 0.811 bits per heavy atom. The Morgan fingerprint density at radius 1 is 0.379 bits per heavy atom. The highest BCUT2D eigenvalue weighted by atomic mass is 19.2. The van der Waals surface area contributed by atoms with Gasteiger partial charge in [0.1, 0.15) is 45.5 Å². The highest BCUT2D eigenvalue weighted by Gasteiger charge is 2.31. The quantitative estimate of drug-likeness (QED) is 0.0194. The molecule has 4 fully saturated rings. The van der Waals surface area contributed by atoms with E-state index in [1.165, 1.54) is 103 Å². The lowest BCUT2D eigenvalue weighted by Crippen LogP contribution is -2.31. The number of benzene rings is 5. The Morgan fingerprint density at radius 3 is 1.39 bits per heavy atom. The number of amides is 5. The lowest BCUT2D eigenvalue weighted by molar-refractivity contribution is 0.0780. The van der Waals surface area contributed by atoms with Gasteiger partial charge in [0.15, 0.2) is 98.9 Å². The van der Waals surface area contributed by atoms with Crippen LogP contribution < -0.4 is 16.0 Å². The summed E-state index contributed by atoms with van der Waals surface area (Å²) in [4.78, 5) is 85.8. The Hall–Kier alpha value is -16.5. The summed E-state index contributed by atoms with van der Waals surface area (Å²) in [7, 11) is 0. The number of halogens is 12. The van der Waals surface area contributed by atoms with Crippen LogP contribution in [0.3, 0.4) is 0 Å². The first-order valence-corrected chi connectivity index (χ1v) is 40.6. The summed E-state index contributed by atoms with van der Waals surface area (Å²) in [6.45, 7) is 4.55. The molecule has 14 heterocycles. The number of para-hydroxylation sites is 1. The minimum atomic E-state index is -1.60. The van der Waals surface area contributed by atoms with E-state index in [0.717, 1.165) is 113 Å². The normalized spacial score (nSPS) is 14.1. The van der Waals surface area contributed by atoms with Crippen LogP contribution in [0.2, 0.25) is 0 Å². The third-order valence-corrected chi connectivity index (χ3v) is 21.3. The number of carbonyl (C=O) groups is 5. The third kappa shape index (κ3) is 19.5. The molecule has 0 unspecified atom stereocenters. The van der Waals surface area contributed by atoms with Crippen LogP contribution >= 0.6 is 0 Å². The maximum Gasteiger partial charge on any atom is 0.274 e. The van der Waals surface area contributed by atoms with Gasteiger partial charge in [-0.2, -0.15) is 23.4 Å². The number of anilines is 1. The van der Waals surface area contributed by atoms with Crippen molar-refractivity contribution in [1.82, 2.24) is 156 Å². The van der Waals surface area contributed by atoms with Crippen LogP contribution in [0, 0.1) is 75.7 Å². The fourth-order valence-electron chi connectivity index (χ4n) is 14.6. The molecule has 132 heavy (non-hydrogen) atoms. The molecule has 0 spiro atoms. The molecule has 38 nitrogen and oxygen atoms in total. The number of hydrogen-bond acceptors (Lipinski definition) is 22. The molecule has 678 valence electrons. The molecule has 3 saturated heterocycles. The number of hydrogen-bond donors (Lipinski definition) is 9. The number of nitrogens with zero attached hydrogens (tertiary/aromatic N) is 23. The van der Waals surface area contributed by atoms with E-state index in [0.29, 0.717) is 109 Å². The summed E-state index contributed by atoms with van der Waals surface area (Å²) in [5.74, 6) is -13.9. The van der Waals surface area contributed by atoms with Crippen LogP contribution in [0.4, 0.5) is 58.6 Å². The van der Waals surface area contributed by atoms with Gasteiger partial charge in [-0.1, -0.05) is 31.0 Å². The van der Waals surface area contributed by atoms with Gasteiger partial charge in [-0.25, -0.2) is 57.7 Å². The van der Waals surface area contributed by atoms with Crippen LogP contribution in [0.1, 0.15) is 117 Å². The smallest absolute Gasteiger partial charge is 0.274 e. The van der Waals surface area contributed by atoms with Crippen molar-refractivity contribution in [2.24, 2.45) is 5.92 Å². The highest BCUT2D eigenvalue weighted by Crippen LogP contribution is 2.33. The van der Waals surface area contributed by atoms with Crippen molar-refractivity contribution >= 4 is 35.5 Å². The minimum Gasteiger partial charge on any atom is -0.376 e. The van der Waals surface area contributed by atoms with E-state index in [1.54, 1.807) is 28.1 Å². The fourth-order valence-corrected chi connectivity index (χ4v) is 14.6. The number of carbonyl (C=O) groups excluding carboxylic acids is 5. The number of H-pyrrole nitrogens is 6. The summed E-state index contributed by atoms with van der Waals surface area (Å²) in [5.41, 5.74) is 1.91. The molecule has 11 aromatic heterocycles. The second-order valence-corrected chi connectivity index (χ2v) is 29.8. The van der Waals surface area contributed by atoms with E-state index < -0.39 is 81.4 Å². The minimum absolute atomic E-state index is 0.000933. The van der Waals surface area contributed by atoms with Gasteiger partial charge >= 0.3 is 0 Å². The van der Waals surface area contributed by atoms with E-state index in [9.17, 15) is 76.7 Å². The molecular formula is C82H70F12N32O6. The zero-order chi connectivity index (χ0) is 92.2. The van der Waals surface area contributed by atoms with E-state index in [-0.39, 0.29) is 93.0 Å². The maximum absolute atomic E-state index is 14.1. The lowest BCUT2D eigenvalue weighted by atomic mass is 10.1. The second kappa shape index (κ2) is 39.8. The van der Waals surface area contributed by atoms with Gasteiger partial charge in [-0.05, 0) is 200 Å². The molecule has 5 aromatic carbocycles. The molecule has 9 N–H and O–H groups in total. The SMILES string of the molecule is O=C(NCC1CCCC1)c1cc(-c2nnnn2-c2c(F)cccc2F)c[nH]1.O=C(NC[C@@H]1CCCO1)c1cc(-c2nnnn2-c2cccc(F)c2F)c[nH]1.O=C(Nc1ncc[nH]1)c1cc(-n2nnnc2-c2cccc(F)c2F)c[nH]1.O=C(c1cc(-c2nnnn2-c2c(F)ccc(F)c2F)c[nH]1)N1CCCC1.O=C(c1cc(-n2nnnc2-c2ccc(F)c(F)c2F)c[nH]1)N1CCCC1. The molecular weight excluding hydrogens is 1760 g/mol. The first-order chi connectivity index (χ1) is 64.0. The average molecular weight is 1830 g/mol. The number of nitrogens with one attached hydrogen (secondary N) is 9. The second-order valence-electron chi connectivity index (χ2n) is 29.8. The van der Waals surface area contributed by atoms with Gasteiger partial charge < -0.3 is 55.1 Å². The van der Waals surface area contributed by atoms with E-state index in [1.807, 2.05) is 0 Å². The molecule has 3 aliphatic heterocycles. The summed E-state index contributed by atoms with van der Waals surface area (Å²) < 4.78 is 176. The number of tetrazole rings is 5. The molecule has 0 radical (unpaired) electrons. The lowest BCUT2D eigenvalue weighted by Gasteiger charge is -2.13. The Bertz CT molecular complexity index is 6780. The molecule has 5 amide bonds. The molecule has 1 atom stereocenters. The monoisotopic (exact) mass is 1830 g/mol. The van der Waals surface area contributed by atoms with E-state index in [4.69, 9.17) is 4.74 Å². The summed E-state index contributed by atoms with van der Waals surface area (Å²) in [6, 6.07) is 21.9. The molecule has 4 aliphatic rings. The Kier molecular flexibility index (Phi) is 26.8. The van der Waals surface area contributed by atoms with Crippen molar-refractivity contribution < 1.29 is 81.4 Å². The van der Waals surface area contributed by atoms with Crippen molar-refractivity contribution in [3.8, 4) is 85.4 Å². The van der Waals surface area contributed by atoms with Crippen LogP contribution in [0.15, 0.2) is 153 Å². The van der Waals surface area contributed by atoms with Crippen LogP contribution in [-0.4, -0.2) is 227 Å². The standard InChI is InChI=1S/C18H18F2N6O.C17H16F2N6O2.2C16H13F3N6O.C15H10F2N8O/c19-13-6-3-7-14(20)16(13)26-17(23-24-25-26)12-8-15(21-10-12)18(27)22-9-11-4-1-2-5-11;18-12-4-1-5-14(15(12)19)25-16(22-23-24-25)10-7-13(20-8-10)17(26)21-9-11-3-2-6-27-11;17-11-4-3-10(13(18)14(11)19)15-21-22-23-25(15)9-7-12(20-8-9)16(26)24-5-1-2-6-24;17-10-3-4-11(18)14(13(10)19)25-15(21-22-23-25)9-7-12(20-8-9)16(26)24-5-1-2-6-24;16-10-3-1-2-9(12(10)17)13-22-23-24-25(13)8-6-11(20-7-8)14(26)21-15-18-4-5-19-15/h3,6-8,10-11,21H,1-2,4-5,9H2,(H,22,27);1,4-5,7-8,11,20H,2-3,6,9H2,(H,21,26);2*3-4,7-8,20H,1-2,5-6H2;1-7,20H,(H2,18,19,21,26)/t;11-;;;/m.0.../s1. The van der Waals surface area contributed by atoms with Gasteiger partial charge in [0.05, 0.1) is 28.6 Å². The molecule has 50 heteroatoms. The first kappa shape index (κ1) is 88.9. The number of rotatable bonds is 20. The van der Waals surface area contributed by atoms with E-state index >= 15 is 0 Å². The molecule has 0 bridgehead atoms. The van der Waals surface area contributed by atoms with Gasteiger partial charge in [-0.15, -0.1) is 25.5 Å². The van der Waals surface area contributed by atoms with E-state index in [2.05, 4.69) is 128 Å². The Balaban J connectivity index is 0.000000120. The molecule has 1 saturated carbocycles.